The van der Waals surface area contributed by atoms with E-state index in [1.54, 1.807) is 21.6 Å². The van der Waals surface area contributed by atoms with Gasteiger partial charge in [-0.05, 0) is 36.8 Å². The third-order valence-electron chi connectivity index (χ3n) is 8.15. The number of carbonyl (C=O) groups is 3. The van der Waals surface area contributed by atoms with E-state index in [9.17, 15) is 14.4 Å². The molecule has 2 aromatic carbocycles. The molecule has 3 aromatic rings. The van der Waals surface area contributed by atoms with E-state index in [-0.39, 0.29) is 47.5 Å². The fraction of sp³-hybridized carbons (Fsp3) is 0.438. The molecular formula is C32H37N5O5S. The van der Waals surface area contributed by atoms with E-state index in [4.69, 9.17) is 14.6 Å². The Morgan fingerprint density at radius 3 is 2.33 bits per heavy atom. The van der Waals surface area contributed by atoms with Crippen molar-refractivity contribution < 1.29 is 23.9 Å². The molecule has 226 valence electrons. The van der Waals surface area contributed by atoms with Crippen molar-refractivity contribution in [3.8, 4) is 17.2 Å². The number of piperazine rings is 1. The first-order chi connectivity index (χ1) is 20.5. The van der Waals surface area contributed by atoms with Crippen LogP contribution in [0.15, 0.2) is 42.5 Å². The number of rotatable bonds is 4. The lowest BCUT2D eigenvalue weighted by Crippen LogP contribution is -2.53. The first-order valence-corrected chi connectivity index (χ1v) is 15.6. The van der Waals surface area contributed by atoms with Gasteiger partial charge in [0.25, 0.3) is 0 Å². The van der Waals surface area contributed by atoms with E-state index in [0.29, 0.717) is 43.5 Å². The molecule has 0 N–H and O–H groups in total. The number of amides is 3. The second-order valence-corrected chi connectivity index (χ2v) is 13.3. The van der Waals surface area contributed by atoms with Gasteiger partial charge in [-0.2, -0.15) is 5.10 Å². The summed E-state index contributed by atoms with van der Waals surface area (Å²) in [5.41, 5.74) is 4.32. The Hall–Kier alpha value is -3.99. The number of fused-ring (bicyclic) bond motifs is 2. The van der Waals surface area contributed by atoms with Crippen LogP contribution in [0.5, 0.6) is 11.5 Å². The lowest BCUT2D eigenvalue weighted by Gasteiger charge is -2.35. The van der Waals surface area contributed by atoms with Gasteiger partial charge in [0, 0.05) is 44.1 Å². The zero-order valence-electron chi connectivity index (χ0n) is 25.3. The predicted octanol–water partition coefficient (Wildman–Crippen LogP) is 4.07. The summed E-state index contributed by atoms with van der Waals surface area (Å²) in [7, 11) is 0. The fourth-order valence-corrected chi connectivity index (χ4v) is 6.97. The zero-order chi connectivity index (χ0) is 30.5. The van der Waals surface area contributed by atoms with Crippen molar-refractivity contribution in [2.75, 3.05) is 50.2 Å². The van der Waals surface area contributed by atoms with Crippen LogP contribution in [-0.2, 0) is 19.8 Å². The Labute approximate surface area is 255 Å². The van der Waals surface area contributed by atoms with Gasteiger partial charge in [0.2, 0.25) is 24.5 Å². The summed E-state index contributed by atoms with van der Waals surface area (Å²) in [5, 5.41) is 4.94. The molecule has 1 atom stereocenters. The van der Waals surface area contributed by atoms with Crippen LogP contribution in [0.4, 0.5) is 5.82 Å². The highest BCUT2D eigenvalue weighted by molar-refractivity contribution is 8.00. The minimum absolute atomic E-state index is 0.00253. The molecular weight excluding hydrogens is 566 g/mol. The number of ether oxygens (including phenoxy) is 2. The molecule has 0 radical (unpaired) electrons. The van der Waals surface area contributed by atoms with Crippen LogP contribution in [0.25, 0.3) is 5.69 Å². The Bertz CT molecular complexity index is 1570. The maximum atomic E-state index is 14.0. The number of benzene rings is 2. The summed E-state index contributed by atoms with van der Waals surface area (Å²) in [5.74, 6) is 1.88. The second-order valence-electron chi connectivity index (χ2n) is 12.3. The molecule has 1 saturated heterocycles. The van der Waals surface area contributed by atoms with Crippen LogP contribution >= 0.6 is 11.8 Å². The zero-order valence-corrected chi connectivity index (χ0v) is 26.1. The quantitative estimate of drug-likeness (QED) is 0.444. The first-order valence-electron chi connectivity index (χ1n) is 14.6. The number of aryl methyl sites for hydroxylation is 1. The number of carbonyl (C=O) groups excluding carboxylic acids is 3. The number of thioether (sulfide) groups is 1. The van der Waals surface area contributed by atoms with Crippen LogP contribution in [-0.4, -0.2) is 82.6 Å². The van der Waals surface area contributed by atoms with Gasteiger partial charge >= 0.3 is 0 Å². The lowest BCUT2D eigenvalue weighted by atomic mass is 9.87. The molecule has 43 heavy (non-hydrogen) atoms. The van der Waals surface area contributed by atoms with Crippen molar-refractivity contribution in [2.24, 2.45) is 0 Å². The average Bonchev–Trinajstić information content (AvgIpc) is 3.58. The van der Waals surface area contributed by atoms with E-state index in [2.05, 4.69) is 20.8 Å². The number of anilines is 1. The third-order valence-corrected chi connectivity index (χ3v) is 9.40. The maximum absolute atomic E-state index is 14.0. The smallest absolute Gasteiger partial charge is 0.242 e. The van der Waals surface area contributed by atoms with Gasteiger partial charge < -0.3 is 19.3 Å². The van der Waals surface area contributed by atoms with E-state index < -0.39 is 0 Å². The van der Waals surface area contributed by atoms with Gasteiger partial charge in [-0.3, -0.25) is 19.3 Å². The summed E-state index contributed by atoms with van der Waals surface area (Å²) in [6.45, 7) is 11.8. The average molecular weight is 604 g/mol. The van der Waals surface area contributed by atoms with Crippen LogP contribution in [0.3, 0.4) is 0 Å². The molecule has 4 heterocycles. The van der Waals surface area contributed by atoms with E-state index >= 15 is 0 Å². The molecule has 0 aliphatic carbocycles. The van der Waals surface area contributed by atoms with E-state index in [0.717, 1.165) is 28.1 Å². The van der Waals surface area contributed by atoms with Crippen LogP contribution < -0.4 is 14.4 Å². The molecule has 10 nitrogen and oxygen atoms in total. The van der Waals surface area contributed by atoms with E-state index in [1.807, 2.05) is 54.1 Å². The Kier molecular flexibility index (Phi) is 7.62. The Morgan fingerprint density at radius 2 is 1.65 bits per heavy atom. The van der Waals surface area contributed by atoms with Crippen molar-refractivity contribution in [1.82, 2.24) is 19.6 Å². The predicted molar refractivity (Wildman–Crippen MR) is 165 cm³/mol. The largest absolute Gasteiger partial charge is 0.454 e. The minimum atomic E-state index is -0.360. The molecule has 1 fully saturated rings. The van der Waals surface area contributed by atoms with Gasteiger partial charge in [0.05, 0.1) is 22.4 Å². The van der Waals surface area contributed by atoms with Gasteiger partial charge in [0.1, 0.15) is 12.4 Å². The van der Waals surface area contributed by atoms with Crippen LogP contribution in [0.1, 0.15) is 55.3 Å². The monoisotopic (exact) mass is 603 g/mol. The topological polar surface area (TPSA) is 97.2 Å². The lowest BCUT2D eigenvalue weighted by molar-refractivity contribution is -0.137. The Morgan fingerprint density at radius 1 is 0.977 bits per heavy atom. The van der Waals surface area contributed by atoms with Crippen molar-refractivity contribution in [1.29, 1.82) is 0 Å². The highest BCUT2D eigenvalue weighted by Crippen LogP contribution is 2.50. The normalized spacial score (nSPS) is 18.5. The standard InChI is InChI=1S/C32H37N5O5S/c1-20-6-9-23(10-7-20)37-31-28(30(33-37)32(3,4)5)29(22-8-11-24-25(16-22)42-19-41-24)43-18-27(40)36(31)17-26(39)35-14-12-34(13-15-35)21(2)38/h6-11,16,29H,12-15,17-19H2,1-5H3. The molecule has 3 aliphatic rings. The molecule has 0 saturated carbocycles. The van der Waals surface area contributed by atoms with Crippen molar-refractivity contribution in [3.63, 3.8) is 0 Å². The highest BCUT2D eigenvalue weighted by atomic mass is 32.2. The molecule has 0 spiro atoms. The second kappa shape index (κ2) is 11.3. The van der Waals surface area contributed by atoms with Gasteiger partial charge in [-0.15, -0.1) is 11.8 Å². The fourth-order valence-electron chi connectivity index (χ4n) is 5.78. The van der Waals surface area contributed by atoms with Crippen LogP contribution in [0, 0.1) is 6.92 Å². The molecule has 3 amide bonds. The number of aromatic nitrogens is 2. The van der Waals surface area contributed by atoms with Crippen LogP contribution in [0.2, 0.25) is 0 Å². The van der Waals surface area contributed by atoms with Gasteiger partial charge in [-0.25, -0.2) is 4.68 Å². The summed E-state index contributed by atoms with van der Waals surface area (Å²) < 4.78 is 13.1. The maximum Gasteiger partial charge on any atom is 0.242 e. The number of nitrogens with zero attached hydrogens (tertiary/aromatic N) is 5. The summed E-state index contributed by atoms with van der Waals surface area (Å²) in [4.78, 5) is 44.7. The van der Waals surface area contributed by atoms with Gasteiger partial charge in [-0.1, -0.05) is 44.5 Å². The molecule has 1 aromatic heterocycles. The molecule has 6 rings (SSSR count). The molecule has 1 unspecified atom stereocenters. The van der Waals surface area contributed by atoms with Gasteiger partial charge in [0.15, 0.2) is 11.5 Å². The number of hydrogen-bond acceptors (Lipinski definition) is 7. The van der Waals surface area contributed by atoms with Crippen molar-refractivity contribution in [3.05, 3.63) is 64.8 Å². The van der Waals surface area contributed by atoms with Crippen molar-refractivity contribution in [2.45, 2.75) is 45.3 Å². The molecule has 3 aliphatic heterocycles. The molecule has 11 heteroatoms. The first kappa shape index (κ1) is 29.1. The number of hydrogen-bond donors (Lipinski definition) is 0. The third kappa shape index (κ3) is 5.58. The summed E-state index contributed by atoms with van der Waals surface area (Å²) in [6, 6.07) is 13.9. The van der Waals surface area contributed by atoms with Crippen molar-refractivity contribution >= 4 is 35.3 Å². The summed E-state index contributed by atoms with van der Waals surface area (Å²) in [6.07, 6.45) is 0. The summed E-state index contributed by atoms with van der Waals surface area (Å²) >= 11 is 1.53. The molecule has 0 bridgehead atoms. The van der Waals surface area contributed by atoms with E-state index in [1.165, 1.54) is 11.8 Å². The Balaban J connectivity index is 1.48. The minimum Gasteiger partial charge on any atom is -0.454 e. The highest BCUT2D eigenvalue weighted by Gasteiger charge is 2.41. The SMILES string of the molecule is CC(=O)N1CCN(C(=O)CN2C(=O)CSC(c3ccc4c(c3)OCO4)c3c(C(C)(C)C)nn(-c4ccc(C)cc4)c32)CC1.